The minimum Gasteiger partial charge on any atom is -0.365 e. The molecule has 0 aliphatic rings. The summed E-state index contributed by atoms with van der Waals surface area (Å²) in [4.78, 5) is 13.3. The lowest BCUT2D eigenvalue weighted by atomic mass is 10.0. The first-order valence-corrected chi connectivity index (χ1v) is 6.99. The number of amides is 1. The van der Waals surface area contributed by atoms with Crippen molar-refractivity contribution in [1.29, 1.82) is 0 Å². The smallest absolute Gasteiger partial charge is 0.239 e. The molecule has 112 valence electrons. The molecule has 20 heavy (non-hydrogen) atoms. The Labute approximate surface area is 122 Å². The summed E-state index contributed by atoms with van der Waals surface area (Å²) in [7, 11) is 3.58. The fourth-order valence-corrected chi connectivity index (χ4v) is 1.86. The van der Waals surface area contributed by atoms with E-state index < -0.39 is 0 Å². The molecule has 0 spiro atoms. The summed E-state index contributed by atoms with van der Waals surface area (Å²) in [6.07, 6.45) is 0. The van der Waals surface area contributed by atoms with Crippen LogP contribution < -0.4 is 15.5 Å². The van der Waals surface area contributed by atoms with E-state index in [0.29, 0.717) is 6.54 Å². The van der Waals surface area contributed by atoms with Crippen LogP contribution in [0.2, 0.25) is 0 Å². The summed E-state index contributed by atoms with van der Waals surface area (Å²) < 4.78 is 0. The van der Waals surface area contributed by atoms with Gasteiger partial charge in [-0.15, -0.1) is 0 Å². The molecule has 0 saturated heterocycles. The van der Waals surface area contributed by atoms with E-state index >= 15 is 0 Å². The van der Waals surface area contributed by atoms with Gasteiger partial charge in [0, 0.05) is 31.9 Å². The maximum Gasteiger partial charge on any atom is 0.239 e. The number of nitrogens with zero attached hydrogens (tertiary/aromatic N) is 1. The predicted octanol–water partition coefficient (Wildman–Crippen LogP) is 2.07. The van der Waals surface area contributed by atoms with Crippen molar-refractivity contribution >= 4 is 11.6 Å². The van der Waals surface area contributed by atoms with E-state index in [9.17, 15) is 4.79 Å². The van der Waals surface area contributed by atoms with E-state index in [1.165, 1.54) is 11.1 Å². The Morgan fingerprint density at radius 1 is 1.30 bits per heavy atom. The SMILES string of the molecule is CNC(=O)CN(C)c1ccc(CNC(C)(C)C)c(C)c1. The largest absolute Gasteiger partial charge is 0.365 e. The maximum absolute atomic E-state index is 11.4. The number of hydrogen-bond donors (Lipinski definition) is 2. The molecule has 0 fully saturated rings. The fraction of sp³-hybridized carbons (Fsp3) is 0.562. The topological polar surface area (TPSA) is 44.4 Å². The highest BCUT2D eigenvalue weighted by molar-refractivity contribution is 5.80. The molecule has 1 amide bonds. The minimum atomic E-state index is 0.0172. The Bertz CT molecular complexity index is 463. The third-order valence-electron chi connectivity index (χ3n) is 3.24. The first kappa shape index (κ1) is 16.5. The van der Waals surface area contributed by atoms with E-state index in [0.717, 1.165) is 12.2 Å². The van der Waals surface area contributed by atoms with Crippen LogP contribution in [0.15, 0.2) is 18.2 Å². The van der Waals surface area contributed by atoms with E-state index in [2.05, 4.69) is 56.5 Å². The quantitative estimate of drug-likeness (QED) is 0.866. The van der Waals surface area contributed by atoms with Crippen LogP contribution in [0.3, 0.4) is 0 Å². The molecule has 0 atom stereocenters. The predicted molar refractivity (Wildman–Crippen MR) is 85.1 cm³/mol. The number of benzene rings is 1. The van der Waals surface area contributed by atoms with Crippen LogP contribution >= 0.6 is 0 Å². The number of carbonyl (C=O) groups is 1. The van der Waals surface area contributed by atoms with Crippen molar-refractivity contribution < 1.29 is 4.79 Å². The third-order valence-corrected chi connectivity index (χ3v) is 3.24. The highest BCUT2D eigenvalue weighted by atomic mass is 16.1. The van der Waals surface area contributed by atoms with Gasteiger partial charge in [0.25, 0.3) is 0 Å². The average Bonchev–Trinajstić information content (AvgIpc) is 2.35. The molecular formula is C16H27N3O. The van der Waals surface area contributed by atoms with Gasteiger partial charge < -0.3 is 15.5 Å². The van der Waals surface area contributed by atoms with Crippen molar-refractivity contribution in [2.45, 2.75) is 39.8 Å². The van der Waals surface area contributed by atoms with Crippen molar-refractivity contribution in [2.75, 3.05) is 25.5 Å². The zero-order chi connectivity index (χ0) is 15.3. The highest BCUT2D eigenvalue weighted by Gasteiger charge is 2.11. The molecular weight excluding hydrogens is 250 g/mol. The highest BCUT2D eigenvalue weighted by Crippen LogP contribution is 2.18. The first-order chi connectivity index (χ1) is 9.23. The molecule has 0 aliphatic carbocycles. The maximum atomic E-state index is 11.4. The molecule has 0 bridgehead atoms. The second kappa shape index (κ2) is 6.75. The molecule has 0 saturated carbocycles. The van der Waals surface area contributed by atoms with Gasteiger partial charge >= 0.3 is 0 Å². The Balaban J connectivity index is 2.74. The number of carbonyl (C=O) groups excluding carboxylic acids is 1. The summed E-state index contributed by atoms with van der Waals surface area (Å²) in [5.41, 5.74) is 3.70. The first-order valence-electron chi connectivity index (χ1n) is 6.99. The fourth-order valence-electron chi connectivity index (χ4n) is 1.86. The van der Waals surface area contributed by atoms with Crippen molar-refractivity contribution in [3.63, 3.8) is 0 Å². The van der Waals surface area contributed by atoms with Gasteiger partial charge in [-0.2, -0.15) is 0 Å². The van der Waals surface area contributed by atoms with Crippen molar-refractivity contribution in [3.8, 4) is 0 Å². The van der Waals surface area contributed by atoms with Gasteiger partial charge in [0.15, 0.2) is 0 Å². The van der Waals surface area contributed by atoms with Crippen LogP contribution in [0, 0.1) is 6.92 Å². The van der Waals surface area contributed by atoms with Crippen LogP contribution in [0.25, 0.3) is 0 Å². The molecule has 4 nitrogen and oxygen atoms in total. The molecule has 0 radical (unpaired) electrons. The summed E-state index contributed by atoms with van der Waals surface area (Å²) >= 11 is 0. The summed E-state index contributed by atoms with van der Waals surface area (Å²) in [5, 5.41) is 6.13. The Morgan fingerprint density at radius 3 is 2.45 bits per heavy atom. The van der Waals surface area contributed by atoms with Crippen molar-refractivity contribution in [1.82, 2.24) is 10.6 Å². The second-order valence-corrected chi connectivity index (χ2v) is 6.24. The average molecular weight is 277 g/mol. The van der Waals surface area contributed by atoms with E-state index in [4.69, 9.17) is 0 Å². The molecule has 2 N–H and O–H groups in total. The van der Waals surface area contributed by atoms with E-state index in [-0.39, 0.29) is 11.4 Å². The summed E-state index contributed by atoms with van der Waals surface area (Å²) in [6.45, 7) is 9.82. The third kappa shape index (κ3) is 5.21. The monoisotopic (exact) mass is 277 g/mol. The lowest BCUT2D eigenvalue weighted by Gasteiger charge is -2.23. The van der Waals surface area contributed by atoms with Crippen LogP contribution in [-0.4, -0.2) is 32.1 Å². The van der Waals surface area contributed by atoms with Gasteiger partial charge in [-0.25, -0.2) is 0 Å². The van der Waals surface area contributed by atoms with Crippen LogP contribution in [0.5, 0.6) is 0 Å². The van der Waals surface area contributed by atoms with Gasteiger partial charge in [0.05, 0.1) is 6.54 Å². The summed E-state index contributed by atoms with van der Waals surface area (Å²) in [5.74, 6) is 0.0172. The Kier molecular flexibility index (Phi) is 5.57. The Morgan fingerprint density at radius 2 is 1.95 bits per heavy atom. The zero-order valence-electron chi connectivity index (χ0n) is 13.5. The zero-order valence-corrected chi connectivity index (χ0v) is 13.5. The lowest BCUT2D eigenvalue weighted by Crippen LogP contribution is -2.35. The molecule has 1 aromatic carbocycles. The molecule has 1 aromatic rings. The van der Waals surface area contributed by atoms with Crippen LogP contribution in [-0.2, 0) is 11.3 Å². The van der Waals surface area contributed by atoms with Crippen LogP contribution in [0.4, 0.5) is 5.69 Å². The van der Waals surface area contributed by atoms with Crippen molar-refractivity contribution in [3.05, 3.63) is 29.3 Å². The number of hydrogen-bond acceptors (Lipinski definition) is 3. The molecule has 0 aliphatic heterocycles. The second-order valence-electron chi connectivity index (χ2n) is 6.24. The molecule has 4 heteroatoms. The van der Waals surface area contributed by atoms with Crippen molar-refractivity contribution in [2.24, 2.45) is 0 Å². The molecule has 0 unspecified atom stereocenters. The number of aryl methyl sites for hydroxylation is 1. The van der Waals surface area contributed by atoms with Crippen LogP contribution in [0.1, 0.15) is 31.9 Å². The van der Waals surface area contributed by atoms with Gasteiger partial charge in [0.2, 0.25) is 5.91 Å². The standard InChI is InChI=1S/C16H27N3O/c1-12-9-14(19(6)11-15(20)17-5)8-7-13(12)10-18-16(2,3)4/h7-9,18H,10-11H2,1-6H3,(H,17,20). The number of anilines is 1. The normalized spacial score (nSPS) is 11.3. The molecule has 1 rings (SSSR count). The number of rotatable bonds is 5. The Hall–Kier alpha value is -1.55. The van der Waals surface area contributed by atoms with Gasteiger partial charge in [-0.05, 0) is 51.0 Å². The summed E-state index contributed by atoms with van der Waals surface area (Å²) in [6, 6.07) is 6.32. The number of nitrogens with one attached hydrogen (secondary N) is 2. The van der Waals surface area contributed by atoms with Gasteiger partial charge in [-0.3, -0.25) is 4.79 Å². The molecule has 0 aromatic heterocycles. The molecule has 0 heterocycles. The number of likely N-dealkylation sites (N-methyl/N-ethyl adjacent to an activating group) is 2. The van der Waals surface area contributed by atoms with E-state index in [1.807, 2.05) is 11.9 Å². The van der Waals surface area contributed by atoms with E-state index in [1.54, 1.807) is 7.05 Å². The lowest BCUT2D eigenvalue weighted by molar-refractivity contribution is -0.119. The van der Waals surface area contributed by atoms with Gasteiger partial charge in [0.1, 0.15) is 0 Å². The van der Waals surface area contributed by atoms with Gasteiger partial charge in [-0.1, -0.05) is 6.07 Å². The minimum absolute atomic E-state index is 0.0172.